The number of esters is 1. The number of hydrogen-bond acceptors (Lipinski definition) is 7. The number of anilines is 2. The van der Waals surface area contributed by atoms with E-state index in [9.17, 15) is 19.2 Å². The summed E-state index contributed by atoms with van der Waals surface area (Å²) in [6.45, 7) is 14.0. The number of amides is 5. The highest BCUT2D eigenvalue weighted by Gasteiger charge is 2.53. The van der Waals surface area contributed by atoms with Crippen molar-refractivity contribution in [1.82, 2.24) is 15.1 Å². The van der Waals surface area contributed by atoms with Gasteiger partial charge in [-0.2, -0.15) is 0 Å². The normalized spacial score (nSPS) is 15.8. The van der Waals surface area contributed by atoms with Crippen molar-refractivity contribution < 1.29 is 28.7 Å². The molecular weight excluding hydrogens is 562 g/mol. The van der Waals surface area contributed by atoms with E-state index in [2.05, 4.69) is 16.0 Å². The molecule has 240 valence electrons. The van der Waals surface area contributed by atoms with Gasteiger partial charge in [0.05, 0.1) is 31.9 Å². The first-order chi connectivity index (χ1) is 20.8. The van der Waals surface area contributed by atoms with Crippen LogP contribution in [0.1, 0.15) is 65.5 Å². The fourth-order valence-electron chi connectivity index (χ4n) is 5.27. The summed E-state index contributed by atoms with van der Waals surface area (Å²) in [5.74, 6) is 0.0861. The second-order valence-corrected chi connectivity index (χ2v) is 12.1. The second-order valence-electron chi connectivity index (χ2n) is 12.1. The van der Waals surface area contributed by atoms with Gasteiger partial charge in [0.1, 0.15) is 11.3 Å². The first kappa shape index (κ1) is 34.4. The molecule has 3 N–H and O–H groups in total. The number of carbonyl (C=O) groups excluding carboxylic acids is 4. The van der Waals surface area contributed by atoms with Crippen LogP contribution >= 0.6 is 0 Å². The predicted molar refractivity (Wildman–Crippen MR) is 171 cm³/mol. The van der Waals surface area contributed by atoms with Crippen molar-refractivity contribution in [2.45, 2.75) is 85.5 Å². The van der Waals surface area contributed by atoms with Gasteiger partial charge >= 0.3 is 18.0 Å². The highest BCUT2D eigenvalue weighted by molar-refractivity contribution is 6.07. The van der Waals surface area contributed by atoms with E-state index in [0.717, 1.165) is 11.1 Å². The lowest BCUT2D eigenvalue weighted by atomic mass is 9.99. The molecule has 5 amide bonds. The Labute approximate surface area is 260 Å². The third kappa shape index (κ3) is 8.49. The van der Waals surface area contributed by atoms with Crippen LogP contribution in [-0.4, -0.2) is 71.6 Å². The molecule has 0 spiro atoms. The van der Waals surface area contributed by atoms with Crippen molar-refractivity contribution in [2.75, 3.05) is 30.9 Å². The Morgan fingerprint density at radius 1 is 1.00 bits per heavy atom. The van der Waals surface area contributed by atoms with E-state index in [4.69, 9.17) is 9.47 Å². The van der Waals surface area contributed by atoms with Gasteiger partial charge in [0.15, 0.2) is 0 Å². The highest BCUT2D eigenvalue weighted by atomic mass is 16.5. The molecule has 3 rings (SSSR count). The van der Waals surface area contributed by atoms with Crippen LogP contribution in [0.2, 0.25) is 0 Å². The van der Waals surface area contributed by atoms with E-state index in [0.29, 0.717) is 36.7 Å². The molecule has 1 aliphatic heterocycles. The SMILES string of the molecule is CCOC(=O)CC(C)NCC(CC(C)C)N1C(=O)N(Cc2ccc(NC(=O)Nc3ccccc3C)c(OC)c2)C(C)(C)C1=O. The summed E-state index contributed by atoms with van der Waals surface area (Å²) in [5, 5.41) is 8.97. The first-order valence-corrected chi connectivity index (χ1v) is 15.1. The number of aryl methyl sites for hydroxylation is 1. The minimum Gasteiger partial charge on any atom is -0.495 e. The highest BCUT2D eigenvalue weighted by Crippen LogP contribution is 2.34. The Morgan fingerprint density at radius 3 is 2.32 bits per heavy atom. The maximum atomic E-state index is 13.9. The Kier molecular flexibility index (Phi) is 11.8. The molecule has 44 heavy (non-hydrogen) atoms. The smallest absolute Gasteiger partial charge is 0.328 e. The summed E-state index contributed by atoms with van der Waals surface area (Å²) in [4.78, 5) is 55.1. The minimum atomic E-state index is -1.08. The van der Waals surface area contributed by atoms with E-state index in [1.807, 2.05) is 52.0 Å². The Hall–Kier alpha value is -4.12. The van der Waals surface area contributed by atoms with Gasteiger partial charge < -0.3 is 30.3 Å². The summed E-state index contributed by atoms with van der Waals surface area (Å²) < 4.78 is 10.6. The molecular formula is C33H47N5O6. The molecule has 2 atom stereocenters. The van der Waals surface area contributed by atoms with Crippen molar-refractivity contribution in [3.63, 3.8) is 0 Å². The molecule has 0 saturated carbocycles. The quantitative estimate of drug-likeness (QED) is 0.190. The second kappa shape index (κ2) is 15.1. The minimum absolute atomic E-state index is 0.168. The zero-order valence-corrected chi connectivity index (χ0v) is 27.2. The van der Waals surface area contributed by atoms with E-state index in [1.165, 1.54) is 12.0 Å². The summed E-state index contributed by atoms with van der Waals surface area (Å²) >= 11 is 0. The number of para-hydroxylation sites is 1. The summed E-state index contributed by atoms with van der Waals surface area (Å²) in [6.07, 6.45) is 0.807. The standard InChI is InChI=1S/C33H47N5O6/c1-9-44-29(39)17-23(5)34-19-25(16-21(2)3)38-30(40)33(6,7)37(32(38)42)20-24-14-15-27(28(18-24)43-8)36-31(41)35-26-13-11-10-12-22(26)4/h10-15,18,21,23,25,34H,9,16-17,19-20H2,1-8H3,(H2,35,36,41). The van der Waals surface area contributed by atoms with Crippen LogP contribution in [-0.2, 0) is 20.9 Å². The third-order valence-corrected chi connectivity index (χ3v) is 7.69. The molecule has 2 aromatic rings. The van der Waals surface area contributed by atoms with Gasteiger partial charge in [0, 0.05) is 24.8 Å². The molecule has 0 bridgehead atoms. The van der Waals surface area contributed by atoms with Gasteiger partial charge in [0.25, 0.3) is 5.91 Å². The predicted octanol–water partition coefficient (Wildman–Crippen LogP) is 5.54. The van der Waals surface area contributed by atoms with Gasteiger partial charge in [-0.15, -0.1) is 0 Å². The van der Waals surface area contributed by atoms with E-state index >= 15 is 0 Å². The monoisotopic (exact) mass is 609 g/mol. The number of hydrogen-bond donors (Lipinski definition) is 3. The fraction of sp³-hybridized carbons (Fsp3) is 0.515. The maximum Gasteiger partial charge on any atom is 0.328 e. The van der Waals surface area contributed by atoms with Crippen molar-refractivity contribution in [2.24, 2.45) is 5.92 Å². The Balaban J connectivity index is 1.75. The van der Waals surface area contributed by atoms with Crippen LogP contribution in [0.4, 0.5) is 21.0 Å². The molecule has 2 unspecified atom stereocenters. The molecule has 1 heterocycles. The van der Waals surface area contributed by atoms with Gasteiger partial charge in [-0.25, -0.2) is 9.59 Å². The van der Waals surface area contributed by atoms with Gasteiger partial charge in [0.2, 0.25) is 0 Å². The summed E-state index contributed by atoms with van der Waals surface area (Å²) in [6, 6.07) is 11.4. The van der Waals surface area contributed by atoms with Crippen LogP contribution in [0.15, 0.2) is 42.5 Å². The lowest BCUT2D eigenvalue weighted by Crippen LogP contribution is -2.49. The molecule has 1 saturated heterocycles. The number of imide groups is 1. The number of nitrogens with zero attached hydrogens (tertiary/aromatic N) is 2. The Bertz CT molecular complexity index is 1340. The number of rotatable bonds is 14. The maximum absolute atomic E-state index is 13.9. The van der Waals surface area contributed by atoms with E-state index < -0.39 is 17.6 Å². The zero-order chi connectivity index (χ0) is 32.6. The molecule has 11 heteroatoms. The topological polar surface area (TPSA) is 129 Å². The number of carbonyl (C=O) groups is 4. The number of nitrogens with one attached hydrogen (secondary N) is 3. The van der Waals surface area contributed by atoms with Gasteiger partial charge in [-0.05, 0) is 76.3 Å². The summed E-state index contributed by atoms with van der Waals surface area (Å²) in [7, 11) is 1.51. The lowest BCUT2D eigenvalue weighted by molar-refractivity contribution is -0.143. The summed E-state index contributed by atoms with van der Waals surface area (Å²) in [5.41, 5.74) is 1.75. The first-order valence-electron chi connectivity index (χ1n) is 15.1. The number of methoxy groups -OCH3 is 1. The van der Waals surface area contributed by atoms with Crippen molar-refractivity contribution in [3.8, 4) is 5.75 Å². The molecule has 1 fully saturated rings. The number of benzene rings is 2. The molecule has 0 radical (unpaired) electrons. The fourth-order valence-corrected chi connectivity index (χ4v) is 5.27. The van der Waals surface area contributed by atoms with Gasteiger partial charge in [-0.3, -0.25) is 14.5 Å². The van der Waals surface area contributed by atoms with Crippen LogP contribution in [0.3, 0.4) is 0 Å². The molecule has 1 aliphatic rings. The largest absolute Gasteiger partial charge is 0.495 e. The van der Waals surface area contributed by atoms with Gasteiger partial charge in [-0.1, -0.05) is 38.1 Å². The van der Waals surface area contributed by atoms with E-state index in [-0.39, 0.29) is 42.8 Å². The van der Waals surface area contributed by atoms with Crippen molar-refractivity contribution in [3.05, 3.63) is 53.6 Å². The molecule has 0 aromatic heterocycles. The average Bonchev–Trinajstić information content (AvgIpc) is 3.11. The lowest BCUT2D eigenvalue weighted by Gasteiger charge is -2.29. The average molecular weight is 610 g/mol. The van der Waals surface area contributed by atoms with Crippen LogP contribution in [0.5, 0.6) is 5.75 Å². The van der Waals surface area contributed by atoms with Crippen LogP contribution in [0.25, 0.3) is 0 Å². The number of ether oxygens (including phenoxy) is 2. The Morgan fingerprint density at radius 2 is 1.68 bits per heavy atom. The molecule has 2 aromatic carbocycles. The molecule has 11 nitrogen and oxygen atoms in total. The van der Waals surface area contributed by atoms with Crippen LogP contribution < -0.4 is 20.7 Å². The third-order valence-electron chi connectivity index (χ3n) is 7.69. The van der Waals surface area contributed by atoms with Crippen molar-refractivity contribution >= 4 is 35.3 Å². The van der Waals surface area contributed by atoms with Crippen LogP contribution in [0, 0.1) is 12.8 Å². The zero-order valence-electron chi connectivity index (χ0n) is 27.2. The van der Waals surface area contributed by atoms with E-state index in [1.54, 1.807) is 43.9 Å². The van der Waals surface area contributed by atoms with Crippen molar-refractivity contribution in [1.29, 1.82) is 0 Å². The number of urea groups is 2. The molecule has 0 aliphatic carbocycles.